The maximum atomic E-state index is 12.9. The number of β-lactam (4-membered cyclic amide) rings is 1. The summed E-state index contributed by atoms with van der Waals surface area (Å²) in [6.45, 7) is -1.21. The second kappa shape index (κ2) is 8.74. The number of aliphatic carboxylic acids is 1. The molecule has 4 N–H and O–H groups in total. The van der Waals surface area contributed by atoms with Gasteiger partial charge in [-0.2, -0.15) is 8.78 Å². The fourth-order valence-corrected chi connectivity index (χ4v) is 4.25. The summed E-state index contributed by atoms with van der Waals surface area (Å²) in [4.78, 5) is 45.4. The molecule has 1 fully saturated rings. The normalized spacial score (nSPS) is 20.6. The number of thioether (sulfide) groups is 1. The van der Waals surface area contributed by atoms with Crippen molar-refractivity contribution in [3.63, 3.8) is 0 Å². The van der Waals surface area contributed by atoms with Gasteiger partial charge in [-0.3, -0.25) is 9.59 Å². The van der Waals surface area contributed by atoms with E-state index >= 15 is 0 Å². The smallest absolute Gasteiger partial charge is 0.333 e. The number of carboxylic acids is 1. The zero-order valence-electron chi connectivity index (χ0n) is 14.7. The largest absolute Gasteiger partial charge is 0.478 e. The monoisotopic (exact) mass is 463 g/mol. The molecule has 3 rings (SSSR count). The number of oxime groups is 1. The molecule has 0 saturated carbocycles. The van der Waals surface area contributed by atoms with Gasteiger partial charge in [0.15, 0.2) is 17.5 Å². The third kappa shape index (κ3) is 4.40. The molecule has 2 aliphatic rings. The van der Waals surface area contributed by atoms with Crippen LogP contribution >= 0.6 is 23.1 Å². The van der Waals surface area contributed by atoms with E-state index < -0.39 is 53.4 Å². The van der Waals surface area contributed by atoms with Gasteiger partial charge < -0.3 is 25.9 Å². The van der Waals surface area contributed by atoms with E-state index in [0.717, 1.165) is 23.1 Å². The molecule has 0 aliphatic carbocycles. The number of hydrogen-bond acceptors (Lipinski definition) is 9. The van der Waals surface area contributed by atoms with Gasteiger partial charge in [-0.05, 0) is 0 Å². The Morgan fingerprint density at radius 1 is 1.43 bits per heavy atom. The van der Waals surface area contributed by atoms with E-state index in [2.05, 4.69) is 20.3 Å². The highest BCUT2D eigenvalue weighted by molar-refractivity contribution is 8.00. The van der Waals surface area contributed by atoms with E-state index in [1.807, 2.05) is 0 Å². The minimum Gasteiger partial charge on any atom is -0.478 e. The van der Waals surface area contributed by atoms with Gasteiger partial charge in [0, 0.05) is 17.3 Å². The first kappa shape index (κ1) is 21.6. The number of hydrogen-bond donors (Lipinski definition) is 3. The fraction of sp³-hybridized carbons (Fsp3) is 0.267. The molecular formula is C15H12F3N5O5S2. The number of amides is 2. The van der Waals surface area contributed by atoms with E-state index in [4.69, 9.17) is 10.8 Å². The number of nitrogens with one attached hydrogen (secondary N) is 1. The molecule has 0 aromatic carbocycles. The van der Waals surface area contributed by atoms with Crippen LogP contribution in [0.3, 0.4) is 0 Å². The number of thiazole rings is 1. The van der Waals surface area contributed by atoms with Gasteiger partial charge in [-0.15, -0.1) is 23.1 Å². The first-order valence-corrected chi connectivity index (χ1v) is 9.91. The van der Waals surface area contributed by atoms with Crippen molar-refractivity contribution in [3.8, 4) is 0 Å². The van der Waals surface area contributed by atoms with E-state index in [-0.39, 0.29) is 22.2 Å². The van der Waals surface area contributed by atoms with Crippen molar-refractivity contribution < 1.29 is 37.5 Å². The third-order valence-corrected chi connectivity index (χ3v) is 5.87. The van der Waals surface area contributed by atoms with Crippen LogP contribution in [-0.2, 0) is 19.2 Å². The topological polar surface area (TPSA) is 147 Å². The summed E-state index contributed by atoms with van der Waals surface area (Å²) in [5.74, 6) is -4.37. The number of nitrogen functional groups attached to an aromatic ring is 1. The lowest BCUT2D eigenvalue weighted by atomic mass is 10.1. The van der Waals surface area contributed by atoms with Crippen molar-refractivity contribution in [2.24, 2.45) is 5.16 Å². The molecule has 2 aliphatic heterocycles. The second-order valence-electron chi connectivity index (χ2n) is 5.81. The molecule has 1 aromatic heterocycles. The number of halogens is 3. The Labute approximate surface area is 174 Å². The molecule has 3 heterocycles. The lowest BCUT2D eigenvalue weighted by Gasteiger charge is -2.46. The van der Waals surface area contributed by atoms with Gasteiger partial charge in [-0.1, -0.05) is 5.16 Å². The Morgan fingerprint density at radius 3 is 2.77 bits per heavy atom. The summed E-state index contributed by atoms with van der Waals surface area (Å²) in [6, 6.07) is -0.991. The SMILES string of the molecule is Nc1nc(C(=NOCC(F)=C(F)F)C(=O)NC2C(=O)N3C=C(C(=O)O)CS[C@H]23)cs1. The first-order valence-electron chi connectivity index (χ1n) is 7.98. The van der Waals surface area contributed by atoms with Crippen LogP contribution < -0.4 is 11.1 Å². The van der Waals surface area contributed by atoms with Gasteiger partial charge >= 0.3 is 12.0 Å². The van der Waals surface area contributed by atoms with E-state index in [0.29, 0.717) is 0 Å². The van der Waals surface area contributed by atoms with Gasteiger partial charge in [0.2, 0.25) is 5.83 Å². The highest BCUT2D eigenvalue weighted by Gasteiger charge is 2.50. The molecule has 2 amide bonds. The van der Waals surface area contributed by atoms with Crippen LogP contribution in [0.15, 0.2) is 34.2 Å². The van der Waals surface area contributed by atoms with Gasteiger partial charge in [0.1, 0.15) is 17.1 Å². The number of rotatable bonds is 7. The molecular weight excluding hydrogens is 451 g/mol. The van der Waals surface area contributed by atoms with Gasteiger partial charge in [0.25, 0.3) is 11.8 Å². The van der Waals surface area contributed by atoms with Crippen LogP contribution in [0.4, 0.5) is 18.3 Å². The number of aromatic nitrogens is 1. The average molecular weight is 463 g/mol. The average Bonchev–Trinajstić information content (AvgIpc) is 3.13. The van der Waals surface area contributed by atoms with E-state index in [9.17, 15) is 27.6 Å². The Bertz CT molecular complexity index is 991. The van der Waals surface area contributed by atoms with E-state index in [1.54, 1.807) is 0 Å². The summed E-state index contributed by atoms with van der Waals surface area (Å²) < 4.78 is 37.1. The Hall–Kier alpha value is -3.07. The Morgan fingerprint density at radius 2 is 2.17 bits per heavy atom. The number of carboxylic acid groups (broad SMARTS) is 1. The molecule has 0 bridgehead atoms. The zero-order valence-corrected chi connectivity index (χ0v) is 16.3. The molecule has 1 aromatic rings. The number of carbonyl (C=O) groups is 3. The molecule has 10 nitrogen and oxygen atoms in total. The zero-order chi connectivity index (χ0) is 22.0. The molecule has 0 spiro atoms. The fourth-order valence-electron chi connectivity index (χ4n) is 2.45. The van der Waals surface area contributed by atoms with Crippen LogP contribution in [0.1, 0.15) is 5.69 Å². The molecule has 30 heavy (non-hydrogen) atoms. The molecule has 1 saturated heterocycles. The van der Waals surface area contributed by atoms with Crippen molar-refractivity contribution in [2.75, 3.05) is 18.1 Å². The minimum absolute atomic E-state index is 0.0400. The summed E-state index contributed by atoms with van der Waals surface area (Å²) in [6.07, 6.45) is -1.38. The highest BCUT2D eigenvalue weighted by atomic mass is 32.2. The van der Waals surface area contributed by atoms with Crippen molar-refractivity contribution >= 4 is 51.7 Å². The number of anilines is 1. The van der Waals surface area contributed by atoms with Crippen molar-refractivity contribution in [1.82, 2.24) is 15.2 Å². The third-order valence-electron chi connectivity index (χ3n) is 3.88. The summed E-state index contributed by atoms with van der Waals surface area (Å²) in [5, 5.41) is 15.7. The number of fused-ring (bicyclic) bond motifs is 1. The predicted octanol–water partition coefficient (Wildman–Crippen LogP) is 0.892. The van der Waals surface area contributed by atoms with Gasteiger partial charge in [-0.25, -0.2) is 14.2 Å². The first-order chi connectivity index (χ1) is 14.2. The lowest BCUT2D eigenvalue weighted by molar-refractivity contribution is -0.144. The van der Waals surface area contributed by atoms with Crippen LogP contribution in [0.5, 0.6) is 0 Å². The minimum atomic E-state index is -2.59. The van der Waals surface area contributed by atoms with Crippen molar-refractivity contribution in [2.45, 2.75) is 11.4 Å². The molecule has 15 heteroatoms. The van der Waals surface area contributed by atoms with Crippen LogP contribution in [0.2, 0.25) is 0 Å². The number of nitrogens with two attached hydrogens (primary N) is 1. The molecule has 2 atom stereocenters. The van der Waals surface area contributed by atoms with Crippen molar-refractivity contribution in [3.05, 3.63) is 34.8 Å². The maximum Gasteiger partial charge on any atom is 0.333 e. The van der Waals surface area contributed by atoms with Crippen LogP contribution in [0, 0.1) is 0 Å². The highest BCUT2D eigenvalue weighted by Crippen LogP contribution is 2.36. The molecule has 160 valence electrons. The summed E-state index contributed by atoms with van der Waals surface area (Å²) in [5.41, 5.74) is 4.99. The van der Waals surface area contributed by atoms with Crippen LogP contribution in [-0.4, -0.2) is 62.3 Å². The molecule has 0 radical (unpaired) electrons. The quantitative estimate of drug-likeness (QED) is 0.307. The second-order valence-corrected chi connectivity index (χ2v) is 7.80. The lowest BCUT2D eigenvalue weighted by Crippen LogP contribution is -2.69. The summed E-state index contributed by atoms with van der Waals surface area (Å²) in [7, 11) is 0. The van der Waals surface area contributed by atoms with Crippen molar-refractivity contribution in [1.29, 1.82) is 0 Å². The number of nitrogens with zero attached hydrogens (tertiary/aromatic N) is 3. The number of carbonyl (C=O) groups excluding carboxylic acids is 2. The Balaban J connectivity index is 1.74. The molecule has 1 unspecified atom stereocenters. The van der Waals surface area contributed by atoms with Gasteiger partial charge in [0.05, 0.1) is 5.57 Å². The summed E-state index contributed by atoms with van der Waals surface area (Å²) >= 11 is 2.10. The van der Waals surface area contributed by atoms with Crippen LogP contribution in [0.25, 0.3) is 0 Å². The Kier molecular flexibility index (Phi) is 6.31. The maximum absolute atomic E-state index is 12.9. The standard InChI is InChI=1S/C15H12F3N5O5S2/c16-6(10(17)18)2-28-22-8(7-4-30-15(19)20-7)11(24)21-9-12(25)23-1-5(14(26)27)3-29-13(9)23/h1,4,9,13H,2-3H2,(H2,19,20)(H,21,24)(H,26,27)/t9?,13-/m1/s1. The van der Waals surface area contributed by atoms with E-state index in [1.165, 1.54) is 16.5 Å². The predicted molar refractivity (Wildman–Crippen MR) is 100 cm³/mol.